The maximum absolute atomic E-state index is 3.95. The Kier molecular flexibility index (Phi) is 8.21. The number of hydrogen-bond acceptors (Lipinski definition) is 1. The van der Waals surface area contributed by atoms with E-state index in [0.717, 1.165) is 12.1 Å². The minimum Gasteiger partial charge on any atom is -0.391 e. The number of nitrogens with one attached hydrogen (secondary N) is 1. The van der Waals surface area contributed by atoms with Gasteiger partial charge in [0.25, 0.3) is 0 Å². The maximum atomic E-state index is 3.95. The van der Waals surface area contributed by atoms with E-state index in [4.69, 9.17) is 0 Å². The van der Waals surface area contributed by atoms with E-state index in [1.807, 2.05) is 13.1 Å². The number of aryl methyl sites for hydroxylation is 1. The molecule has 0 fully saturated rings. The van der Waals surface area contributed by atoms with Crippen LogP contribution in [-0.2, 0) is 6.42 Å². The second-order valence-corrected chi connectivity index (χ2v) is 6.98. The van der Waals surface area contributed by atoms with Gasteiger partial charge in [-0.2, -0.15) is 0 Å². The molecule has 0 bridgehead atoms. The molecule has 1 nitrogen and oxygen atoms in total. The van der Waals surface area contributed by atoms with Crippen LogP contribution in [0.2, 0.25) is 0 Å². The molecule has 0 aliphatic carbocycles. The van der Waals surface area contributed by atoms with Crippen LogP contribution in [0.5, 0.6) is 0 Å². The van der Waals surface area contributed by atoms with E-state index in [1.165, 1.54) is 47.9 Å². The Hall–Kier alpha value is -2.28. The van der Waals surface area contributed by atoms with Gasteiger partial charge in [-0.15, -0.1) is 0 Å². The molecule has 1 N–H and O–H groups in total. The van der Waals surface area contributed by atoms with Gasteiger partial charge in [-0.25, -0.2) is 0 Å². The number of benzene rings is 2. The first kappa shape index (κ1) is 20.0. The smallest absolute Gasteiger partial charge is 0.0152 e. The summed E-state index contributed by atoms with van der Waals surface area (Å²) in [6, 6.07) is 19.9. The van der Waals surface area contributed by atoms with Gasteiger partial charge >= 0.3 is 0 Å². The lowest BCUT2D eigenvalue weighted by atomic mass is 9.89. The predicted molar refractivity (Wildman–Crippen MR) is 115 cm³/mol. The highest BCUT2D eigenvalue weighted by Crippen LogP contribution is 2.27. The van der Waals surface area contributed by atoms with Crippen LogP contribution in [0.1, 0.15) is 62.1 Å². The third-order valence-electron chi connectivity index (χ3n) is 5.17. The molecule has 2 aromatic carbocycles. The standard InChI is InChI=1S/C25H33N/c1-5-11-22(23-13-8-7-9-14-23)15-10-12-21-16-18-24(19-17-21)25(6-2)20(3)26-4/h6-9,13-14,16-19,22,26H,2,5,10-12,15H2,1,3-4H3/b25-20+. The van der Waals surface area contributed by atoms with Gasteiger partial charge in [0.1, 0.15) is 0 Å². The van der Waals surface area contributed by atoms with E-state index < -0.39 is 0 Å². The maximum Gasteiger partial charge on any atom is 0.0152 e. The highest BCUT2D eigenvalue weighted by molar-refractivity contribution is 5.75. The molecule has 0 aliphatic heterocycles. The predicted octanol–water partition coefficient (Wildman–Crippen LogP) is 6.73. The van der Waals surface area contributed by atoms with Crippen molar-refractivity contribution in [2.45, 2.75) is 51.9 Å². The molecule has 0 aliphatic rings. The SMILES string of the molecule is C=C/C(=C(/C)NC)c1ccc(CCCC(CCC)c2ccccc2)cc1. The molecule has 1 heteroatoms. The fourth-order valence-electron chi connectivity index (χ4n) is 3.58. The Morgan fingerprint density at radius 3 is 2.31 bits per heavy atom. The van der Waals surface area contributed by atoms with Crippen molar-refractivity contribution < 1.29 is 0 Å². The Bertz CT molecular complexity index is 695. The van der Waals surface area contributed by atoms with Crippen molar-refractivity contribution in [2.75, 3.05) is 7.05 Å². The van der Waals surface area contributed by atoms with Crippen LogP contribution >= 0.6 is 0 Å². The van der Waals surface area contributed by atoms with Crippen molar-refractivity contribution in [3.8, 4) is 0 Å². The Morgan fingerprint density at radius 1 is 1.04 bits per heavy atom. The first-order valence-corrected chi connectivity index (χ1v) is 9.84. The second-order valence-electron chi connectivity index (χ2n) is 6.98. The van der Waals surface area contributed by atoms with Gasteiger partial charge in [-0.1, -0.05) is 80.6 Å². The van der Waals surface area contributed by atoms with E-state index in [9.17, 15) is 0 Å². The summed E-state index contributed by atoms with van der Waals surface area (Å²) in [5.41, 5.74) is 6.46. The largest absolute Gasteiger partial charge is 0.391 e. The topological polar surface area (TPSA) is 12.0 Å². The summed E-state index contributed by atoms with van der Waals surface area (Å²) in [4.78, 5) is 0. The molecule has 26 heavy (non-hydrogen) atoms. The Morgan fingerprint density at radius 2 is 1.73 bits per heavy atom. The van der Waals surface area contributed by atoms with Crippen molar-refractivity contribution in [3.05, 3.63) is 89.6 Å². The first-order valence-electron chi connectivity index (χ1n) is 9.84. The lowest BCUT2D eigenvalue weighted by Crippen LogP contribution is -2.04. The van der Waals surface area contributed by atoms with Crippen molar-refractivity contribution in [1.82, 2.24) is 5.32 Å². The van der Waals surface area contributed by atoms with Crippen LogP contribution < -0.4 is 5.32 Å². The number of allylic oxidation sites excluding steroid dienone is 3. The van der Waals surface area contributed by atoms with Gasteiger partial charge in [0.15, 0.2) is 0 Å². The van der Waals surface area contributed by atoms with Crippen molar-refractivity contribution in [1.29, 1.82) is 0 Å². The normalized spacial score (nSPS) is 13.0. The molecule has 0 saturated carbocycles. The summed E-state index contributed by atoms with van der Waals surface area (Å²) in [5.74, 6) is 0.689. The third-order valence-corrected chi connectivity index (χ3v) is 5.17. The highest BCUT2D eigenvalue weighted by atomic mass is 14.8. The van der Waals surface area contributed by atoms with Gasteiger partial charge in [0, 0.05) is 12.7 Å². The zero-order valence-electron chi connectivity index (χ0n) is 16.6. The molecule has 1 atom stereocenters. The average molecular weight is 348 g/mol. The Labute approximate surface area is 159 Å². The summed E-state index contributed by atoms with van der Waals surface area (Å²) >= 11 is 0. The van der Waals surface area contributed by atoms with Crippen LogP contribution in [0.25, 0.3) is 5.57 Å². The van der Waals surface area contributed by atoms with E-state index >= 15 is 0 Å². The Balaban J connectivity index is 1.96. The average Bonchev–Trinajstić information content (AvgIpc) is 2.69. The van der Waals surface area contributed by atoms with Crippen molar-refractivity contribution >= 4 is 5.57 Å². The molecule has 1 unspecified atom stereocenters. The van der Waals surface area contributed by atoms with Crippen LogP contribution in [0.4, 0.5) is 0 Å². The zero-order chi connectivity index (χ0) is 18.8. The molecule has 2 rings (SSSR count). The fourth-order valence-corrected chi connectivity index (χ4v) is 3.58. The number of hydrogen-bond donors (Lipinski definition) is 1. The monoisotopic (exact) mass is 347 g/mol. The van der Waals surface area contributed by atoms with Crippen LogP contribution in [0, 0.1) is 0 Å². The molecule has 0 saturated heterocycles. The van der Waals surface area contributed by atoms with E-state index in [2.05, 4.69) is 80.3 Å². The third kappa shape index (κ3) is 5.62. The zero-order valence-corrected chi connectivity index (χ0v) is 16.6. The quantitative estimate of drug-likeness (QED) is 0.470. The summed E-state index contributed by atoms with van der Waals surface area (Å²) in [6.07, 6.45) is 8.09. The minimum atomic E-state index is 0.689. The van der Waals surface area contributed by atoms with Gasteiger partial charge in [0.05, 0.1) is 0 Å². The molecular formula is C25H33N. The molecule has 0 radical (unpaired) electrons. The lowest BCUT2D eigenvalue weighted by Gasteiger charge is -2.16. The van der Waals surface area contributed by atoms with Gasteiger partial charge in [-0.05, 0) is 60.8 Å². The molecule has 0 aromatic heterocycles. The summed E-state index contributed by atoms with van der Waals surface area (Å²) in [5, 5.41) is 3.21. The number of rotatable bonds is 10. The summed E-state index contributed by atoms with van der Waals surface area (Å²) in [7, 11) is 1.95. The van der Waals surface area contributed by atoms with Crippen molar-refractivity contribution in [2.24, 2.45) is 0 Å². The van der Waals surface area contributed by atoms with E-state index in [1.54, 1.807) is 0 Å². The lowest BCUT2D eigenvalue weighted by molar-refractivity contribution is 0.546. The molecule has 0 spiro atoms. The molecule has 138 valence electrons. The van der Waals surface area contributed by atoms with Gasteiger partial charge in [-0.3, -0.25) is 0 Å². The molecule has 0 heterocycles. The summed E-state index contributed by atoms with van der Waals surface area (Å²) < 4.78 is 0. The minimum absolute atomic E-state index is 0.689. The van der Waals surface area contributed by atoms with Crippen LogP contribution in [0.15, 0.2) is 72.9 Å². The molecule has 0 amide bonds. The second kappa shape index (κ2) is 10.7. The molecular weight excluding hydrogens is 314 g/mol. The summed E-state index contributed by atoms with van der Waals surface area (Å²) in [6.45, 7) is 8.32. The van der Waals surface area contributed by atoms with E-state index in [0.29, 0.717) is 5.92 Å². The highest BCUT2D eigenvalue weighted by Gasteiger charge is 2.10. The van der Waals surface area contributed by atoms with Crippen molar-refractivity contribution in [3.63, 3.8) is 0 Å². The van der Waals surface area contributed by atoms with Gasteiger partial charge in [0.2, 0.25) is 0 Å². The van der Waals surface area contributed by atoms with E-state index in [-0.39, 0.29) is 0 Å². The first-order chi connectivity index (χ1) is 12.7. The fraction of sp³-hybridized carbons (Fsp3) is 0.360. The van der Waals surface area contributed by atoms with Gasteiger partial charge < -0.3 is 5.32 Å². The van der Waals surface area contributed by atoms with Crippen LogP contribution in [-0.4, -0.2) is 7.05 Å². The molecule has 2 aromatic rings. The van der Waals surface area contributed by atoms with Crippen LogP contribution in [0.3, 0.4) is 0 Å².